The molecule has 2 N–H and O–H groups in total. The molecule has 0 saturated heterocycles. The number of anilines is 1. The molecule has 1 aliphatic carbocycles. The lowest BCUT2D eigenvalue weighted by molar-refractivity contribution is 0.0691. The number of aromatic carboxylic acids is 1. The van der Waals surface area contributed by atoms with Crippen molar-refractivity contribution in [3.8, 4) is 0 Å². The Labute approximate surface area is 117 Å². The van der Waals surface area contributed by atoms with E-state index in [9.17, 15) is 9.90 Å². The van der Waals surface area contributed by atoms with Gasteiger partial charge in [-0.3, -0.25) is 0 Å². The third-order valence-corrected chi connectivity index (χ3v) is 3.49. The van der Waals surface area contributed by atoms with E-state index in [1.807, 2.05) is 36.4 Å². The fourth-order valence-electron chi connectivity index (χ4n) is 2.22. The van der Waals surface area contributed by atoms with Gasteiger partial charge in [0.05, 0.1) is 5.69 Å². The van der Waals surface area contributed by atoms with E-state index in [1.54, 1.807) is 6.20 Å². The number of aromatic nitrogens is 1. The van der Waals surface area contributed by atoms with Crippen LogP contribution in [0.4, 0.5) is 5.69 Å². The second-order valence-corrected chi connectivity index (χ2v) is 5.08. The fourth-order valence-corrected chi connectivity index (χ4v) is 2.22. The summed E-state index contributed by atoms with van der Waals surface area (Å²) in [7, 11) is 0. The number of benzene rings is 1. The van der Waals surface area contributed by atoms with E-state index in [0.717, 1.165) is 11.1 Å². The molecule has 1 heterocycles. The quantitative estimate of drug-likeness (QED) is 0.873. The Morgan fingerprint density at radius 1 is 1.30 bits per heavy atom. The Bertz CT molecular complexity index is 622. The van der Waals surface area contributed by atoms with Crippen LogP contribution in [-0.4, -0.2) is 16.1 Å². The molecule has 1 aromatic heterocycles. The molecule has 0 amide bonds. The molecule has 1 saturated carbocycles. The van der Waals surface area contributed by atoms with Crippen molar-refractivity contribution in [2.45, 2.75) is 25.3 Å². The van der Waals surface area contributed by atoms with Gasteiger partial charge in [-0.25, -0.2) is 9.78 Å². The molecular formula is C16H16N2O2. The number of hydrogen-bond acceptors (Lipinski definition) is 3. The summed E-state index contributed by atoms with van der Waals surface area (Å²) in [6, 6.07) is 11.8. The van der Waals surface area contributed by atoms with E-state index in [-0.39, 0.29) is 5.69 Å². The van der Waals surface area contributed by atoms with E-state index in [4.69, 9.17) is 0 Å². The lowest BCUT2D eigenvalue weighted by atomic mass is 10.1. The first-order valence-electron chi connectivity index (χ1n) is 6.75. The second kappa shape index (κ2) is 5.33. The van der Waals surface area contributed by atoms with Crippen molar-refractivity contribution in [1.29, 1.82) is 0 Å². The maximum atomic E-state index is 11.2. The molecule has 2 aromatic rings. The first kappa shape index (κ1) is 12.7. The van der Waals surface area contributed by atoms with Crippen LogP contribution in [0.3, 0.4) is 0 Å². The predicted molar refractivity (Wildman–Crippen MR) is 76.9 cm³/mol. The smallest absolute Gasteiger partial charge is 0.356 e. The largest absolute Gasteiger partial charge is 0.476 e. The Balaban J connectivity index is 1.82. The van der Waals surface area contributed by atoms with Gasteiger partial charge >= 0.3 is 5.97 Å². The summed E-state index contributed by atoms with van der Waals surface area (Å²) in [5, 5.41) is 12.4. The zero-order chi connectivity index (χ0) is 13.9. The minimum atomic E-state index is -0.997. The summed E-state index contributed by atoms with van der Waals surface area (Å²) in [6.45, 7) is 0.594. The van der Waals surface area contributed by atoms with Gasteiger partial charge in [-0.15, -0.1) is 0 Å². The van der Waals surface area contributed by atoms with Gasteiger partial charge in [0.1, 0.15) is 0 Å². The van der Waals surface area contributed by atoms with Crippen molar-refractivity contribution in [1.82, 2.24) is 4.98 Å². The van der Waals surface area contributed by atoms with Crippen molar-refractivity contribution in [2.24, 2.45) is 0 Å². The van der Waals surface area contributed by atoms with Gasteiger partial charge < -0.3 is 10.4 Å². The summed E-state index contributed by atoms with van der Waals surface area (Å²) in [6.07, 6.45) is 4.03. The third kappa shape index (κ3) is 2.79. The average Bonchev–Trinajstić information content (AvgIpc) is 3.30. The van der Waals surface area contributed by atoms with E-state index in [0.29, 0.717) is 18.2 Å². The highest BCUT2D eigenvalue weighted by atomic mass is 16.4. The van der Waals surface area contributed by atoms with Crippen molar-refractivity contribution in [3.63, 3.8) is 0 Å². The lowest BCUT2D eigenvalue weighted by Crippen LogP contribution is -2.09. The van der Waals surface area contributed by atoms with Gasteiger partial charge in [-0.1, -0.05) is 30.3 Å². The minimum absolute atomic E-state index is 0.0883. The van der Waals surface area contributed by atoms with Crippen LogP contribution in [0, 0.1) is 0 Å². The number of nitrogens with zero attached hydrogens (tertiary/aromatic N) is 1. The number of carboxylic acid groups (broad SMARTS) is 1. The monoisotopic (exact) mass is 268 g/mol. The second-order valence-electron chi connectivity index (χ2n) is 5.08. The molecule has 0 spiro atoms. The Hall–Kier alpha value is -2.36. The minimum Gasteiger partial charge on any atom is -0.476 e. The van der Waals surface area contributed by atoms with Crippen molar-refractivity contribution in [3.05, 3.63) is 59.4 Å². The summed E-state index contributed by atoms with van der Waals surface area (Å²) in [5.74, 6) is -0.439. The van der Waals surface area contributed by atoms with Gasteiger partial charge in [0, 0.05) is 12.7 Å². The standard InChI is InChI=1S/C16H16N2O2/c19-16(20)15-14(8-13(10-18-15)12-6-7-12)17-9-11-4-2-1-3-5-11/h1-5,8,10,12,17H,6-7,9H2,(H,19,20). The first-order chi connectivity index (χ1) is 9.74. The third-order valence-electron chi connectivity index (χ3n) is 3.49. The number of carbonyl (C=O) groups is 1. The number of nitrogens with one attached hydrogen (secondary N) is 1. The van der Waals surface area contributed by atoms with E-state index in [2.05, 4.69) is 10.3 Å². The first-order valence-corrected chi connectivity index (χ1v) is 6.75. The van der Waals surface area contributed by atoms with Gasteiger partial charge in [0.2, 0.25) is 0 Å². The summed E-state index contributed by atoms with van der Waals surface area (Å²) in [5.41, 5.74) is 2.93. The SMILES string of the molecule is O=C(O)c1ncc(C2CC2)cc1NCc1ccccc1. The predicted octanol–water partition coefficient (Wildman–Crippen LogP) is 3.27. The Kier molecular flexibility index (Phi) is 3.37. The van der Waals surface area contributed by atoms with Gasteiger partial charge in [-0.05, 0) is 36.0 Å². The molecule has 0 atom stereocenters. The molecule has 1 aliphatic rings. The molecule has 0 bridgehead atoms. The van der Waals surface area contributed by atoms with Crippen molar-refractivity contribution in [2.75, 3.05) is 5.32 Å². The maximum Gasteiger partial charge on any atom is 0.356 e. The van der Waals surface area contributed by atoms with Crippen molar-refractivity contribution < 1.29 is 9.90 Å². The van der Waals surface area contributed by atoms with Crippen LogP contribution in [-0.2, 0) is 6.54 Å². The highest BCUT2D eigenvalue weighted by molar-refractivity contribution is 5.92. The zero-order valence-corrected chi connectivity index (χ0v) is 11.0. The fraction of sp³-hybridized carbons (Fsp3) is 0.250. The highest BCUT2D eigenvalue weighted by Gasteiger charge is 2.25. The Morgan fingerprint density at radius 3 is 2.70 bits per heavy atom. The van der Waals surface area contributed by atoms with Crippen LogP contribution in [0.15, 0.2) is 42.6 Å². The van der Waals surface area contributed by atoms with E-state index < -0.39 is 5.97 Å². The molecule has 1 fully saturated rings. The van der Waals surface area contributed by atoms with Crippen LogP contribution in [0.2, 0.25) is 0 Å². The topological polar surface area (TPSA) is 62.2 Å². The van der Waals surface area contributed by atoms with E-state index in [1.165, 1.54) is 12.8 Å². The molecule has 0 radical (unpaired) electrons. The number of carboxylic acids is 1. The maximum absolute atomic E-state index is 11.2. The van der Waals surface area contributed by atoms with Crippen LogP contribution in [0.1, 0.15) is 40.4 Å². The Morgan fingerprint density at radius 2 is 2.05 bits per heavy atom. The molecule has 0 unspecified atom stereocenters. The molecule has 102 valence electrons. The highest BCUT2D eigenvalue weighted by Crippen LogP contribution is 2.40. The molecular weight excluding hydrogens is 252 g/mol. The molecule has 20 heavy (non-hydrogen) atoms. The molecule has 1 aromatic carbocycles. The van der Waals surface area contributed by atoms with Crippen LogP contribution < -0.4 is 5.32 Å². The zero-order valence-electron chi connectivity index (χ0n) is 11.0. The summed E-state index contributed by atoms with van der Waals surface area (Å²) < 4.78 is 0. The van der Waals surface area contributed by atoms with Gasteiger partial charge in [0.15, 0.2) is 5.69 Å². The number of rotatable bonds is 5. The molecule has 0 aliphatic heterocycles. The van der Waals surface area contributed by atoms with Gasteiger partial charge in [0.25, 0.3) is 0 Å². The molecule has 4 heteroatoms. The van der Waals surface area contributed by atoms with Gasteiger partial charge in [-0.2, -0.15) is 0 Å². The van der Waals surface area contributed by atoms with Crippen LogP contribution >= 0.6 is 0 Å². The molecule has 4 nitrogen and oxygen atoms in total. The molecule has 3 rings (SSSR count). The van der Waals surface area contributed by atoms with E-state index >= 15 is 0 Å². The number of hydrogen-bond donors (Lipinski definition) is 2. The van der Waals surface area contributed by atoms with Crippen LogP contribution in [0.25, 0.3) is 0 Å². The van der Waals surface area contributed by atoms with Crippen molar-refractivity contribution >= 4 is 11.7 Å². The summed E-state index contributed by atoms with van der Waals surface area (Å²) >= 11 is 0. The summed E-state index contributed by atoms with van der Waals surface area (Å²) in [4.78, 5) is 15.3. The average molecular weight is 268 g/mol. The normalized spacial score (nSPS) is 14.0. The number of pyridine rings is 1. The lowest BCUT2D eigenvalue weighted by Gasteiger charge is -2.10. The van der Waals surface area contributed by atoms with Crippen LogP contribution in [0.5, 0.6) is 0 Å².